The summed E-state index contributed by atoms with van der Waals surface area (Å²) in [5.41, 5.74) is 8.77. The summed E-state index contributed by atoms with van der Waals surface area (Å²) in [6, 6.07) is 14.1. The number of rotatable bonds is 7. The van der Waals surface area contributed by atoms with Gasteiger partial charge in [0.25, 0.3) is 11.8 Å². The van der Waals surface area contributed by atoms with E-state index in [0.29, 0.717) is 13.1 Å². The number of carbonyl (C=O) groups excluding carboxylic acids is 4. The first-order chi connectivity index (χ1) is 14.9. The second-order valence-corrected chi connectivity index (χ2v) is 7.91. The van der Waals surface area contributed by atoms with Crippen LogP contribution in [0.15, 0.2) is 48.5 Å². The van der Waals surface area contributed by atoms with Gasteiger partial charge in [0, 0.05) is 25.6 Å². The lowest BCUT2D eigenvalue weighted by molar-refractivity contribution is -0.136. The Hall–Kier alpha value is -3.36. The molecule has 4 amide bonds. The van der Waals surface area contributed by atoms with Crippen LogP contribution in [-0.4, -0.2) is 47.2 Å². The highest BCUT2D eigenvalue weighted by molar-refractivity contribution is 6.23. The van der Waals surface area contributed by atoms with Crippen molar-refractivity contribution in [1.82, 2.24) is 15.5 Å². The number of fused-ring (bicyclic) bond motifs is 1. The van der Waals surface area contributed by atoms with Gasteiger partial charge in [0.05, 0.1) is 11.1 Å². The molecular formula is C23H24N4O4. The fourth-order valence-corrected chi connectivity index (χ4v) is 4.02. The molecule has 8 heteroatoms. The lowest BCUT2D eigenvalue weighted by atomic mass is 10.0. The van der Waals surface area contributed by atoms with Gasteiger partial charge in [-0.1, -0.05) is 36.4 Å². The summed E-state index contributed by atoms with van der Waals surface area (Å²) < 4.78 is 0. The van der Waals surface area contributed by atoms with Crippen molar-refractivity contribution in [2.75, 3.05) is 6.54 Å². The summed E-state index contributed by atoms with van der Waals surface area (Å²) in [6.07, 6.45) is 0.998. The van der Waals surface area contributed by atoms with Gasteiger partial charge in [-0.3, -0.25) is 29.4 Å². The van der Waals surface area contributed by atoms with Crippen LogP contribution in [0.3, 0.4) is 0 Å². The van der Waals surface area contributed by atoms with Crippen LogP contribution in [0.4, 0.5) is 0 Å². The smallest absolute Gasteiger partial charge is 0.262 e. The molecule has 2 aromatic rings. The van der Waals surface area contributed by atoms with Crippen LogP contribution in [0.25, 0.3) is 0 Å². The molecule has 160 valence electrons. The largest absolute Gasteiger partial charge is 0.326 e. The van der Waals surface area contributed by atoms with Crippen LogP contribution >= 0.6 is 0 Å². The van der Waals surface area contributed by atoms with E-state index in [2.05, 4.69) is 10.6 Å². The zero-order chi connectivity index (χ0) is 22.0. The number of nitrogens with zero attached hydrogens (tertiary/aromatic N) is 1. The van der Waals surface area contributed by atoms with Crippen molar-refractivity contribution in [3.8, 4) is 0 Å². The molecule has 31 heavy (non-hydrogen) atoms. The molecule has 2 atom stereocenters. The van der Waals surface area contributed by atoms with Crippen LogP contribution in [0.1, 0.15) is 44.7 Å². The lowest BCUT2D eigenvalue weighted by Gasteiger charge is -2.27. The molecule has 4 rings (SSSR count). The van der Waals surface area contributed by atoms with Crippen molar-refractivity contribution in [3.05, 3.63) is 70.8 Å². The van der Waals surface area contributed by atoms with E-state index >= 15 is 0 Å². The molecular weight excluding hydrogens is 396 g/mol. The van der Waals surface area contributed by atoms with E-state index in [1.807, 2.05) is 30.3 Å². The molecule has 1 fully saturated rings. The van der Waals surface area contributed by atoms with Crippen molar-refractivity contribution in [3.63, 3.8) is 0 Å². The standard InChI is InChI=1S/C23H24N4O4/c24-16(10-14-4-2-1-3-5-14)13-25-12-15-6-7-17-18(11-15)23(31)27(22(17)30)19-8-9-20(28)26-21(19)29/h1-7,11,16,19,25H,8-10,12-13,24H2,(H,26,28,29)/t16-,19?/m0/s1. The SMILES string of the molecule is N[C@H](CNCc1ccc2c(c1)C(=O)N(C1CCC(=O)NC1=O)C2=O)Cc1ccccc1. The van der Waals surface area contributed by atoms with Crippen molar-refractivity contribution in [2.45, 2.75) is 37.9 Å². The Kier molecular flexibility index (Phi) is 5.92. The molecule has 0 saturated carbocycles. The topological polar surface area (TPSA) is 122 Å². The maximum absolute atomic E-state index is 12.9. The predicted molar refractivity (Wildman–Crippen MR) is 113 cm³/mol. The first kappa shape index (κ1) is 20.9. The molecule has 1 saturated heterocycles. The second kappa shape index (κ2) is 8.79. The van der Waals surface area contributed by atoms with Crippen LogP contribution < -0.4 is 16.4 Å². The van der Waals surface area contributed by atoms with Crippen molar-refractivity contribution < 1.29 is 19.2 Å². The monoisotopic (exact) mass is 420 g/mol. The van der Waals surface area contributed by atoms with Gasteiger partial charge < -0.3 is 11.1 Å². The number of nitrogens with two attached hydrogens (primary N) is 1. The first-order valence-electron chi connectivity index (χ1n) is 10.3. The fourth-order valence-electron chi connectivity index (χ4n) is 4.02. The number of carbonyl (C=O) groups is 4. The molecule has 8 nitrogen and oxygen atoms in total. The van der Waals surface area contributed by atoms with Gasteiger partial charge in [-0.15, -0.1) is 0 Å². The third-order valence-corrected chi connectivity index (χ3v) is 5.58. The predicted octanol–water partition coefficient (Wildman–Crippen LogP) is 0.747. The minimum Gasteiger partial charge on any atom is -0.326 e. The van der Waals surface area contributed by atoms with Crippen molar-refractivity contribution in [2.24, 2.45) is 5.73 Å². The van der Waals surface area contributed by atoms with E-state index in [1.54, 1.807) is 18.2 Å². The Morgan fingerprint density at radius 1 is 1.00 bits per heavy atom. The van der Waals surface area contributed by atoms with Gasteiger partial charge in [0.15, 0.2) is 0 Å². The molecule has 4 N–H and O–H groups in total. The quantitative estimate of drug-likeness (QED) is 0.568. The minimum atomic E-state index is -0.956. The van der Waals surface area contributed by atoms with Crippen molar-refractivity contribution in [1.29, 1.82) is 0 Å². The second-order valence-electron chi connectivity index (χ2n) is 7.91. The van der Waals surface area contributed by atoms with Crippen molar-refractivity contribution >= 4 is 23.6 Å². The van der Waals surface area contributed by atoms with Crippen LogP contribution in [0.2, 0.25) is 0 Å². The van der Waals surface area contributed by atoms with Crippen LogP contribution in [-0.2, 0) is 22.6 Å². The Morgan fingerprint density at radius 2 is 1.74 bits per heavy atom. The highest BCUT2D eigenvalue weighted by Gasteiger charge is 2.44. The average molecular weight is 420 g/mol. The molecule has 0 aliphatic carbocycles. The third-order valence-electron chi connectivity index (χ3n) is 5.58. The Labute approximate surface area is 179 Å². The van der Waals surface area contributed by atoms with Gasteiger partial charge >= 0.3 is 0 Å². The summed E-state index contributed by atoms with van der Waals surface area (Å²) in [7, 11) is 0. The van der Waals surface area contributed by atoms with E-state index in [9.17, 15) is 19.2 Å². The van der Waals surface area contributed by atoms with Crippen LogP contribution in [0.5, 0.6) is 0 Å². The van der Waals surface area contributed by atoms with Gasteiger partial charge in [-0.2, -0.15) is 0 Å². The summed E-state index contributed by atoms with van der Waals surface area (Å²) in [6.45, 7) is 1.09. The highest BCUT2D eigenvalue weighted by atomic mass is 16.2. The van der Waals surface area contributed by atoms with E-state index in [1.165, 1.54) is 5.56 Å². The molecule has 0 spiro atoms. The van der Waals surface area contributed by atoms with Gasteiger partial charge in [0.1, 0.15) is 6.04 Å². The average Bonchev–Trinajstić information content (AvgIpc) is 2.99. The number of piperidine rings is 1. The maximum atomic E-state index is 12.9. The number of hydrogen-bond donors (Lipinski definition) is 3. The lowest BCUT2D eigenvalue weighted by Crippen LogP contribution is -2.54. The zero-order valence-electron chi connectivity index (χ0n) is 17.0. The van der Waals surface area contributed by atoms with E-state index < -0.39 is 29.7 Å². The molecule has 2 aromatic carbocycles. The summed E-state index contributed by atoms with van der Waals surface area (Å²) in [5.74, 6) is -2.01. The molecule has 0 bridgehead atoms. The number of benzene rings is 2. The van der Waals surface area contributed by atoms with Gasteiger partial charge in [-0.05, 0) is 36.1 Å². The summed E-state index contributed by atoms with van der Waals surface area (Å²) >= 11 is 0. The van der Waals surface area contributed by atoms with Gasteiger partial charge in [-0.25, -0.2) is 0 Å². The minimum absolute atomic E-state index is 0.0527. The number of nitrogens with one attached hydrogen (secondary N) is 2. The molecule has 2 aliphatic heterocycles. The van der Waals surface area contributed by atoms with E-state index in [-0.39, 0.29) is 30.0 Å². The third kappa shape index (κ3) is 4.40. The molecule has 2 aliphatic rings. The Balaban J connectivity index is 1.38. The van der Waals surface area contributed by atoms with Gasteiger partial charge in [0.2, 0.25) is 11.8 Å². The molecule has 0 aromatic heterocycles. The Morgan fingerprint density at radius 3 is 2.48 bits per heavy atom. The number of imide groups is 2. The summed E-state index contributed by atoms with van der Waals surface area (Å²) in [4.78, 5) is 50.1. The molecule has 2 heterocycles. The highest BCUT2D eigenvalue weighted by Crippen LogP contribution is 2.28. The number of amides is 4. The maximum Gasteiger partial charge on any atom is 0.262 e. The van der Waals surface area contributed by atoms with Crippen LogP contribution in [0, 0.1) is 0 Å². The molecule has 0 radical (unpaired) electrons. The van der Waals surface area contributed by atoms with E-state index in [0.717, 1.165) is 16.9 Å². The Bertz CT molecular complexity index is 1040. The summed E-state index contributed by atoms with van der Waals surface area (Å²) in [5, 5.41) is 5.48. The fraction of sp³-hybridized carbons (Fsp3) is 0.304. The number of hydrogen-bond acceptors (Lipinski definition) is 6. The molecule has 1 unspecified atom stereocenters. The zero-order valence-corrected chi connectivity index (χ0v) is 17.0. The normalized spacial score (nSPS) is 19.4. The first-order valence-corrected chi connectivity index (χ1v) is 10.3. The van der Waals surface area contributed by atoms with E-state index in [4.69, 9.17) is 5.73 Å².